The summed E-state index contributed by atoms with van der Waals surface area (Å²) in [4.78, 5) is 4.05. The molecule has 0 radical (unpaired) electrons. The summed E-state index contributed by atoms with van der Waals surface area (Å²) in [5.41, 5.74) is 0.917. The molecule has 4 heteroatoms. The van der Waals surface area contributed by atoms with Crippen LogP contribution in [0.15, 0.2) is 6.20 Å². The van der Waals surface area contributed by atoms with E-state index in [0.717, 1.165) is 5.56 Å². The van der Waals surface area contributed by atoms with Crippen LogP contribution in [-0.2, 0) is 0 Å². The van der Waals surface area contributed by atoms with Gasteiger partial charge in [-0.3, -0.25) is 0 Å². The molecular formula is C9H13NO3. The minimum absolute atomic E-state index is 0.435. The Labute approximate surface area is 77.5 Å². The van der Waals surface area contributed by atoms with Gasteiger partial charge in [-0.05, 0) is 6.92 Å². The van der Waals surface area contributed by atoms with Crippen LogP contribution in [0.1, 0.15) is 5.56 Å². The van der Waals surface area contributed by atoms with Crippen molar-refractivity contribution in [2.75, 3.05) is 21.3 Å². The van der Waals surface area contributed by atoms with Crippen molar-refractivity contribution in [3.8, 4) is 17.4 Å². The topological polar surface area (TPSA) is 40.6 Å². The number of rotatable bonds is 3. The van der Waals surface area contributed by atoms with Crippen molar-refractivity contribution >= 4 is 0 Å². The van der Waals surface area contributed by atoms with E-state index < -0.39 is 0 Å². The standard InChI is InChI=1S/C9H13NO3/c1-6-5-10-9(13-4)8(12-3)7(6)11-2/h5H,1-4H3. The molecule has 0 saturated carbocycles. The molecule has 0 N–H and O–H groups in total. The third-order valence-corrected chi connectivity index (χ3v) is 1.74. The van der Waals surface area contributed by atoms with E-state index in [-0.39, 0.29) is 0 Å². The normalized spacial score (nSPS) is 9.54. The summed E-state index contributed by atoms with van der Waals surface area (Å²) in [5, 5.41) is 0. The average Bonchev–Trinajstić information content (AvgIpc) is 2.17. The minimum Gasteiger partial charge on any atom is -0.492 e. The van der Waals surface area contributed by atoms with Crippen LogP contribution in [0.2, 0.25) is 0 Å². The molecule has 0 spiro atoms. The lowest BCUT2D eigenvalue weighted by atomic mass is 10.2. The highest BCUT2D eigenvalue weighted by Gasteiger charge is 2.14. The summed E-state index contributed by atoms with van der Waals surface area (Å²) >= 11 is 0. The molecule has 1 rings (SSSR count). The maximum atomic E-state index is 5.16. The molecule has 0 saturated heterocycles. The molecule has 0 atom stereocenters. The van der Waals surface area contributed by atoms with Gasteiger partial charge in [-0.2, -0.15) is 0 Å². The van der Waals surface area contributed by atoms with Crippen molar-refractivity contribution in [2.45, 2.75) is 6.92 Å². The number of methoxy groups -OCH3 is 3. The molecule has 0 unspecified atom stereocenters. The third kappa shape index (κ3) is 1.66. The average molecular weight is 183 g/mol. The molecule has 72 valence electrons. The highest BCUT2D eigenvalue weighted by atomic mass is 16.5. The number of ether oxygens (including phenoxy) is 3. The van der Waals surface area contributed by atoms with Gasteiger partial charge in [-0.1, -0.05) is 0 Å². The van der Waals surface area contributed by atoms with Gasteiger partial charge in [0.05, 0.1) is 21.3 Å². The minimum atomic E-state index is 0.435. The molecule has 0 aromatic carbocycles. The Morgan fingerprint density at radius 3 is 2.08 bits per heavy atom. The summed E-state index contributed by atoms with van der Waals surface area (Å²) in [6.07, 6.45) is 1.68. The zero-order valence-electron chi connectivity index (χ0n) is 8.25. The SMILES string of the molecule is COc1ncc(C)c(OC)c1OC. The molecule has 13 heavy (non-hydrogen) atoms. The second-order valence-corrected chi connectivity index (χ2v) is 2.52. The Balaban J connectivity index is 3.27. The zero-order chi connectivity index (χ0) is 9.84. The van der Waals surface area contributed by atoms with E-state index in [0.29, 0.717) is 17.4 Å². The van der Waals surface area contributed by atoms with E-state index >= 15 is 0 Å². The first-order valence-corrected chi connectivity index (χ1v) is 3.86. The van der Waals surface area contributed by atoms with Gasteiger partial charge < -0.3 is 14.2 Å². The number of aryl methyl sites for hydroxylation is 1. The van der Waals surface area contributed by atoms with Crippen molar-refractivity contribution in [1.29, 1.82) is 0 Å². The van der Waals surface area contributed by atoms with Crippen LogP contribution in [0.25, 0.3) is 0 Å². The molecule has 4 nitrogen and oxygen atoms in total. The lowest BCUT2D eigenvalue weighted by molar-refractivity contribution is 0.314. The Kier molecular flexibility index (Phi) is 2.95. The van der Waals surface area contributed by atoms with Crippen molar-refractivity contribution < 1.29 is 14.2 Å². The van der Waals surface area contributed by atoms with Crippen LogP contribution in [-0.4, -0.2) is 26.3 Å². The zero-order valence-corrected chi connectivity index (χ0v) is 8.25. The Morgan fingerprint density at radius 2 is 1.62 bits per heavy atom. The highest BCUT2D eigenvalue weighted by Crippen LogP contribution is 2.36. The number of pyridine rings is 1. The summed E-state index contributed by atoms with van der Waals surface area (Å²) < 4.78 is 15.3. The molecule has 0 fully saturated rings. The first-order valence-electron chi connectivity index (χ1n) is 3.86. The third-order valence-electron chi connectivity index (χ3n) is 1.74. The Bertz CT molecular complexity index is 299. The largest absolute Gasteiger partial charge is 0.492 e. The van der Waals surface area contributed by atoms with Gasteiger partial charge in [0.25, 0.3) is 5.88 Å². The predicted octanol–water partition coefficient (Wildman–Crippen LogP) is 1.42. The van der Waals surface area contributed by atoms with Crippen LogP contribution >= 0.6 is 0 Å². The van der Waals surface area contributed by atoms with Gasteiger partial charge in [0.15, 0.2) is 5.75 Å². The second-order valence-electron chi connectivity index (χ2n) is 2.52. The monoisotopic (exact) mass is 183 g/mol. The maximum Gasteiger partial charge on any atom is 0.260 e. The molecular weight excluding hydrogens is 170 g/mol. The molecule has 1 aromatic rings. The lowest BCUT2D eigenvalue weighted by Gasteiger charge is -2.12. The van der Waals surface area contributed by atoms with Crippen LogP contribution in [0.4, 0.5) is 0 Å². The highest BCUT2D eigenvalue weighted by molar-refractivity contribution is 5.50. The molecule has 1 aromatic heterocycles. The van der Waals surface area contributed by atoms with Gasteiger partial charge in [0.1, 0.15) is 0 Å². The number of nitrogens with zero attached hydrogens (tertiary/aromatic N) is 1. The van der Waals surface area contributed by atoms with Gasteiger partial charge in [-0.15, -0.1) is 0 Å². The molecule has 0 amide bonds. The van der Waals surface area contributed by atoms with Gasteiger partial charge in [-0.25, -0.2) is 4.98 Å². The fourth-order valence-electron chi connectivity index (χ4n) is 1.13. The van der Waals surface area contributed by atoms with E-state index in [1.165, 1.54) is 0 Å². The second kappa shape index (κ2) is 3.98. The van der Waals surface area contributed by atoms with E-state index in [9.17, 15) is 0 Å². The molecule has 0 aliphatic heterocycles. The summed E-state index contributed by atoms with van der Waals surface area (Å²) in [6, 6.07) is 0. The first kappa shape index (κ1) is 9.64. The maximum absolute atomic E-state index is 5.16. The molecule has 0 aliphatic rings. The lowest BCUT2D eigenvalue weighted by Crippen LogP contribution is -1.98. The van der Waals surface area contributed by atoms with E-state index in [4.69, 9.17) is 14.2 Å². The smallest absolute Gasteiger partial charge is 0.260 e. The van der Waals surface area contributed by atoms with Crippen LogP contribution in [0.3, 0.4) is 0 Å². The number of hydrogen-bond acceptors (Lipinski definition) is 4. The summed E-state index contributed by atoms with van der Waals surface area (Å²) in [5.74, 6) is 1.63. The Hall–Kier alpha value is -1.45. The molecule has 0 aliphatic carbocycles. The van der Waals surface area contributed by atoms with Crippen molar-refractivity contribution in [2.24, 2.45) is 0 Å². The van der Waals surface area contributed by atoms with Crippen LogP contribution in [0.5, 0.6) is 17.4 Å². The van der Waals surface area contributed by atoms with Crippen molar-refractivity contribution in [3.05, 3.63) is 11.8 Å². The quantitative estimate of drug-likeness (QED) is 0.710. The van der Waals surface area contributed by atoms with E-state index in [1.54, 1.807) is 27.5 Å². The van der Waals surface area contributed by atoms with Gasteiger partial charge in [0, 0.05) is 11.8 Å². The molecule has 0 bridgehead atoms. The molecule has 1 heterocycles. The summed E-state index contributed by atoms with van der Waals surface area (Å²) in [6.45, 7) is 1.90. The van der Waals surface area contributed by atoms with Crippen LogP contribution in [0, 0.1) is 6.92 Å². The summed E-state index contributed by atoms with van der Waals surface area (Å²) in [7, 11) is 4.69. The van der Waals surface area contributed by atoms with Crippen LogP contribution < -0.4 is 14.2 Å². The number of hydrogen-bond donors (Lipinski definition) is 0. The van der Waals surface area contributed by atoms with E-state index in [1.807, 2.05) is 6.92 Å². The van der Waals surface area contributed by atoms with Gasteiger partial charge in [0.2, 0.25) is 5.75 Å². The van der Waals surface area contributed by atoms with Gasteiger partial charge >= 0.3 is 0 Å². The Morgan fingerprint density at radius 1 is 1.00 bits per heavy atom. The number of aromatic nitrogens is 1. The fraction of sp³-hybridized carbons (Fsp3) is 0.444. The predicted molar refractivity (Wildman–Crippen MR) is 48.6 cm³/mol. The van der Waals surface area contributed by atoms with Crippen molar-refractivity contribution in [3.63, 3.8) is 0 Å². The fourth-order valence-corrected chi connectivity index (χ4v) is 1.13. The first-order chi connectivity index (χ1) is 6.24. The van der Waals surface area contributed by atoms with Crippen molar-refractivity contribution in [1.82, 2.24) is 4.98 Å². The van der Waals surface area contributed by atoms with E-state index in [2.05, 4.69) is 4.98 Å².